The van der Waals surface area contributed by atoms with Gasteiger partial charge in [0, 0.05) is 6.61 Å². The Hall–Kier alpha value is -1.35. The quantitative estimate of drug-likeness (QED) is 0.791. The fourth-order valence-corrected chi connectivity index (χ4v) is 1.60. The SMILES string of the molecule is CCCOC(C)(CCc1ccccc1)C(=O)O. The van der Waals surface area contributed by atoms with E-state index in [2.05, 4.69) is 0 Å². The van der Waals surface area contributed by atoms with Crippen molar-refractivity contribution in [3.05, 3.63) is 35.9 Å². The molecule has 94 valence electrons. The van der Waals surface area contributed by atoms with Gasteiger partial charge in [-0.25, -0.2) is 4.79 Å². The van der Waals surface area contributed by atoms with E-state index < -0.39 is 11.6 Å². The first-order valence-electron chi connectivity index (χ1n) is 6.00. The van der Waals surface area contributed by atoms with Crippen LogP contribution in [-0.2, 0) is 16.0 Å². The Balaban J connectivity index is 2.58. The molecule has 1 rings (SSSR count). The molecule has 17 heavy (non-hydrogen) atoms. The summed E-state index contributed by atoms with van der Waals surface area (Å²) in [5.41, 5.74) is 0.0614. The number of carbonyl (C=O) groups is 1. The number of rotatable bonds is 7. The molecule has 3 nitrogen and oxygen atoms in total. The summed E-state index contributed by atoms with van der Waals surface area (Å²) in [4.78, 5) is 11.2. The summed E-state index contributed by atoms with van der Waals surface area (Å²) in [6.45, 7) is 4.10. The Morgan fingerprint density at radius 3 is 2.53 bits per heavy atom. The molecule has 1 aromatic rings. The van der Waals surface area contributed by atoms with Gasteiger partial charge in [-0.2, -0.15) is 0 Å². The predicted molar refractivity (Wildman–Crippen MR) is 67.0 cm³/mol. The van der Waals surface area contributed by atoms with Crippen LogP contribution in [-0.4, -0.2) is 23.3 Å². The lowest BCUT2D eigenvalue weighted by Gasteiger charge is -2.25. The molecule has 0 heterocycles. The first kappa shape index (κ1) is 13.7. The monoisotopic (exact) mass is 236 g/mol. The van der Waals surface area contributed by atoms with Crippen LogP contribution in [0.1, 0.15) is 32.3 Å². The van der Waals surface area contributed by atoms with Crippen LogP contribution in [0.5, 0.6) is 0 Å². The molecule has 0 aliphatic carbocycles. The third-order valence-corrected chi connectivity index (χ3v) is 2.81. The second-order valence-corrected chi connectivity index (χ2v) is 4.37. The number of hydrogen-bond acceptors (Lipinski definition) is 2. The maximum absolute atomic E-state index is 11.2. The van der Waals surface area contributed by atoms with Gasteiger partial charge in [0.05, 0.1) is 0 Å². The number of carboxylic acid groups (broad SMARTS) is 1. The van der Waals surface area contributed by atoms with E-state index in [0.29, 0.717) is 19.4 Å². The topological polar surface area (TPSA) is 46.5 Å². The second kappa shape index (κ2) is 6.40. The van der Waals surface area contributed by atoms with Crippen LogP contribution in [0.15, 0.2) is 30.3 Å². The fourth-order valence-electron chi connectivity index (χ4n) is 1.60. The molecular weight excluding hydrogens is 216 g/mol. The third kappa shape index (κ3) is 4.19. The average Bonchev–Trinajstić information content (AvgIpc) is 2.35. The van der Waals surface area contributed by atoms with Crippen LogP contribution in [0.3, 0.4) is 0 Å². The first-order chi connectivity index (χ1) is 8.08. The van der Waals surface area contributed by atoms with Gasteiger partial charge in [0.2, 0.25) is 0 Å². The van der Waals surface area contributed by atoms with E-state index in [0.717, 1.165) is 12.0 Å². The number of aliphatic carboxylic acids is 1. The van der Waals surface area contributed by atoms with Gasteiger partial charge in [-0.3, -0.25) is 0 Å². The molecule has 0 radical (unpaired) electrons. The molecule has 0 spiro atoms. The summed E-state index contributed by atoms with van der Waals surface area (Å²) in [7, 11) is 0. The van der Waals surface area contributed by atoms with E-state index in [1.807, 2.05) is 37.3 Å². The van der Waals surface area contributed by atoms with E-state index >= 15 is 0 Å². The minimum Gasteiger partial charge on any atom is -0.479 e. The summed E-state index contributed by atoms with van der Waals surface area (Å²) in [6.07, 6.45) is 2.04. The lowest BCUT2D eigenvalue weighted by Crippen LogP contribution is -2.39. The van der Waals surface area contributed by atoms with Crippen LogP contribution >= 0.6 is 0 Å². The molecule has 0 saturated carbocycles. The van der Waals surface area contributed by atoms with Crippen molar-refractivity contribution in [1.82, 2.24) is 0 Å². The zero-order valence-corrected chi connectivity index (χ0v) is 10.5. The predicted octanol–water partition coefficient (Wildman–Crippen LogP) is 2.89. The van der Waals surface area contributed by atoms with Gasteiger partial charge in [0.15, 0.2) is 5.60 Å². The van der Waals surface area contributed by atoms with Crippen molar-refractivity contribution in [1.29, 1.82) is 0 Å². The van der Waals surface area contributed by atoms with Crippen LogP contribution in [0.4, 0.5) is 0 Å². The van der Waals surface area contributed by atoms with Crippen molar-refractivity contribution in [2.75, 3.05) is 6.61 Å². The Morgan fingerprint density at radius 2 is 2.00 bits per heavy atom. The smallest absolute Gasteiger partial charge is 0.335 e. The van der Waals surface area contributed by atoms with Crippen LogP contribution in [0, 0.1) is 0 Å². The van der Waals surface area contributed by atoms with Crippen molar-refractivity contribution in [3.8, 4) is 0 Å². The molecule has 0 fully saturated rings. The highest BCUT2D eigenvalue weighted by atomic mass is 16.5. The lowest BCUT2D eigenvalue weighted by atomic mass is 9.96. The van der Waals surface area contributed by atoms with Gasteiger partial charge < -0.3 is 9.84 Å². The summed E-state index contributed by atoms with van der Waals surface area (Å²) in [5.74, 6) is -0.887. The average molecular weight is 236 g/mol. The highest BCUT2D eigenvalue weighted by molar-refractivity contribution is 5.76. The summed E-state index contributed by atoms with van der Waals surface area (Å²) in [6, 6.07) is 9.87. The van der Waals surface area contributed by atoms with E-state index in [-0.39, 0.29) is 0 Å². The number of carboxylic acids is 1. The van der Waals surface area contributed by atoms with Gasteiger partial charge in [0.1, 0.15) is 0 Å². The van der Waals surface area contributed by atoms with Gasteiger partial charge in [-0.15, -0.1) is 0 Å². The molecule has 0 saturated heterocycles. The van der Waals surface area contributed by atoms with Crippen LogP contribution in [0.2, 0.25) is 0 Å². The molecule has 3 heteroatoms. The third-order valence-electron chi connectivity index (χ3n) is 2.81. The van der Waals surface area contributed by atoms with Crippen LogP contribution in [0.25, 0.3) is 0 Å². The van der Waals surface area contributed by atoms with Crippen molar-refractivity contribution in [3.63, 3.8) is 0 Å². The molecule has 0 aromatic heterocycles. The minimum atomic E-state index is -1.08. The standard InChI is InChI=1S/C14H20O3/c1-3-11-17-14(2,13(15)16)10-9-12-7-5-4-6-8-12/h4-8H,3,9-11H2,1-2H3,(H,15,16). The first-order valence-corrected chi connectivity index (χ1v) is 6.00. The van der Waals surface area contributed by atoms with Crippen molar-refractivity contribution >= 4 is 5.97 Å². The van der Waals surface area contributed by atoms with E-state index in [4.69, 9.17) is 4.74 Å². The highest BCUT2D eigenvalue weighted by Crippen LogP contribution is 2.19. The summed E-state index contributed by atoms with van der Waals surface area (Å²) in [5, 5.41) is 9.21. The molecule has 1 atom stereocenters. The van der Waals surface area contributed by atoms with Gasteiger partial charge >= 0.3 is 5.97 Å². The van der Waals surface area contributed by atoms with E-state index in [1.54, 1.807) is 6.92 Å². The van der Waals surface area contributed by atoms with E-state index in [1.165, 1.54) is 0 Å². The normalized spacial score (nSPS) is 14.2. The summed E-state index contributed by atoms with van der Waals surface area (Å²) < 4.78 is 5.46. The molecular formula is C14H20O3. The summed E-state index contributed by atoms with van der Waals surface area (Å²) >= 11 is 0. The van der Waals surface area contributed by atoms with Crippen LogP contribution < -0.4 is 0 Å². The minimum absolute atomic E-state index is 0.484. The lowest BCUT2D eigenvalue weighted by molar-refractivity contribution is -0.164. The zero-order valence-electron chi connectivity index (χ0n) is 10.5. The molecule has 0 aliphatic heterocycles. The number of benzene rings is 1. The highest BCUT2D eigenvalue weighted by Gasteiger charge is 2.33. The van der Waals surface area contributed by atoms with Gasteiger partial charge in [0.25, 0.3) is 0 Å². The molecule has 0 aliphatic rings. The maximum Gasteiger partial charge on any atom is 0.335 e. The van der Waals surface area contributed by atoms with Crippen molar-refractivity contribution < 1.29 is 14.6 Å². The largest absolute Gasteiger partial charge is 0.479 e. The second-order valence-electron chi connectivity index (χ2n) is 4.37. The van der Waals surface area contributed by atoms with Crippen molar-refractivity contribution in [2.24, 2.45) is 0 Å². The zero-order chi connectivity index (χ0) is 12.7. The Bertz CT molecular complexity index is 348. The van der Waals surface area contributed by atoms with E-state index in [9.17, 15) is 9.90 Å². The van der Waals surface area contributed by atoms with Gasteiger partial charge in [-0.1, -0.05) is 37.3 Å². The number of aryl methyl sites for hydroxylation is 1. The Morgan fingerprint density at radius 1 is 1.35 bits per heavy atom. The number of ether oxygens (including phenoxy) is 1. The Labute approximate surface area is 102 Å². The van der Waals surface area contributed by atoms with Gasteiger partial charge in [-0.05, 0) is 31.7 Å². The molecule has 1 unspecified atom stereocenters. The molecule has 1 N–H and O–H groups in total. The fraction of sp³-hybridized carbons (Fsp3) is 0.500. The number of hydrogen-bond donors (Lipinski definition) is 1. The van der Waals surface area contributed by atoms with Crippen molar-refractivity contribution in [2.45, 2.75) is 38.7 Å². The molecule has 1 aromatic carbocycles. The Kier molecular flexibility index (Phi) is 5.16. The maximum atomic E-state index is 11.2. The molecule has 0 bridgehead atoms. The molecule has 0 amide bonds.